The van der Waals surface area contributed by atoms with Crippen LogP contribution in [-0.2, 0) is 4.74 Å². The van der Waals surface area contributed by atoms with Gasteiger partial charge in [0.2, 0.25) is 0 Å². The lowest BCUT2D eigenvalue weighted by molar-refractivity contribution is 0.0169. The summed E-state index contributed by atoms with van der Waals surface area (Å²) in [7, 11) is 1.82. The van der Waals surface area contributed by atoms with Crippen molar-refractivity contribution >= 4 is 41.7 Å². The van der Waals surface area contributed by atoms with Crippen molar-refractivity contribution in [2.75, 3.05) is 38.8 Å². The molecule has 1 fully saturated rings. The minimum absolute atomic E-state index is 0. The number of nitrogens with one attached hydrogen (secondary N) is 2. The zero-order valence-electron chi connectivity index (χ0n) is 13.7. The Bertz CT molecular complexity index is 274. The Balaban J connectivity index is 0.00000400. The summed E-state index contributed by atoms with van der Waals surface area (Å²) in [5.74, 6) is 2.77. The van der Waals surface area contributed by atoms with E-state index in [2.05, 4.69) is 28.8 Å². The van der Waals surface area contributed by atoms with Gasteiger partial charge in [-0.15, -0.1) is 24.0 Å². The van der Waals surface area contributed by atoms with E-state index >= 15 is 0 Å². The molecule has 1 aliphatic carbocycles. The molecule has 0 aromatic heterocycles. The van der Waals surface area contributed by atoms with Crippen molar-refractivity contribution in [1.29, 1.82) is 0 Å². The second-order valence-corrected chi connectivity index (χ2v) is 6.23. The molecule has 1 rings (SSSR count). The van der Waals surface area contributed by atoms with E-state index in [1.54, 1.807) is 0 Å². The largest absolute Gasteiger partial charge is 0.378 e. The molecule has 0 amide bonds. The SMILES string of the molecule is CCOC(CCNC(=NC)NCCSC)C1CCCC1.I. The fraction of sp³-hybridized carbons (Fsp3) is 0.933. The van der Waals surface area contributed by atoms with Crippen LogP contribution < -0.4 is 10.6 Å². The lowest BCUT2D eigenvalue weighted by atomic mass is 9.98. The van der Waals surface area contributed by atoms with Gasteiger partial charge >= 0.3 is 0 Å². The molecule has 0 aromatic carbocycles. The third-order valence-electron chi connectivity index (χ3n) is 3.85. The highest BCUT2D eigenvalue weighted by Crippen LogP contribution is 2.30. The zero-order valence-corrected chi connectivity index (χ0v) is 16.8. The Hall–Kier alpha value is 0.310. The van der Waals surface area contributed by atoms with Gasteiger partial charge < -0.3 is 15.4 Å². The van der Waals surface area contributed by atoms with Crippen molar-refractivity contribution in [2.45, 2.75) is 45.1 Å². The monoisotopic (exact) mass is 429 g/mol. The number of guanidine groups is 1. The van der Waals surface area contributed by atoms with Gasteiger partial charge in [0.05, 0.1) is 6.10 Å². The number of nitrogens with zero attached hydrogens (tertiary/aromatic N) is 1. The van der Waals surface area contributed by atoms with Crippen molar-refractivity contribution in [3.8, 4) is 0 Å². The average molecular weight is 429 g/mol. The first kappa shape index (κ1) is 21.3. The average Bonchev–Trinajstić information content (AvgIpc) is 2.99. The second kappa shape index (κ2) is 13.9. The van der Waals surface area contributed by atoms with E-state index in [0.29, 0.717) is 6.10 Å². The van der Waals surface area contributed by atoms with Gasteiger partial charge in [-0.2, -0.15) is 11.8 Å². The van der Waals surface area contributed by atoms with Crippen LogP contribution in [0.3, 0.4) is 0 Å². The van der Waals surface area contributed by atoms with Crippen LogP contribution in [0.4, 0.5) is 0 Å². The van der Waals surface area contributed by atoms with Crippen LogP contribution in [0.15, 0.2) is 4.99 Å². The molecule has 1 unspecified atom stereocenters. The minimum atomic E-state index is 0. The molecule has 1 atom stereocenters. The predicted octanol–water partition coefficient (Wildman–Crippen LogP) is 3.12. The van der Waals surface area contributed by atoms with Crippen LogP contribution in [0.1, 0.15) is 39.0 Å². The fourth-order valence-corrected chi connectivity index (χ4v) is 3.13. The van der Waals surface area contributed by atoms with E-state index in [-0.39, 0.29) is 24.0 Å². The standard InChI is InChI=1S/C15H31N3OS.HI/c1-4-19-14(13-7-5-6-8-13)9-10-17-15(16-2)18-11-12-20-3;/h13-14H,4-12H2,1-3H3,(H2,16,17,18);1H. The Morgan fingerprint density at radius 1 is 1.29 bits per heavy atom. The summed E-state index contributed by atoms with van der Waals surface area (Å²) in [6, 6.07) is 0. The van der Waals surface area contributed by atoms with E-state index < -0.39 is 0 Å². The van der Waals surface area contributed by atoms with Gasteiger partial charge in [-0.1, -0.05) is 12.8 Å². The van der Waals surface area contributed by atoms with Gasteiger partial charge in [0.1, 0.15) is 0 Å². The lowest BCUT2D eigenvalue weighted by Gasteiger charge is -2.24. The molecule has 21 heavy (non-hydrogen) atoms. The molecule has 0 aromatic rings. The van der Waals surface area contributed by atoms with Gasteiger partial charge in [-0.25, -0.2) is 0 Å². The summed E-state index contributed by atoms with van der Waals surface area (Å²) < 4.78 is 5.94. The second-order valence-electron chi connectivity index (χ2n) is 5.25. The summed E-state index contributed by atoms with van der Waals surface area (Å²) >= 11 is 1.84. The number of rotatable bonds is 9. The summed E-state index contributed by atoms with van der Waals surface area (Å²) in [6.07, 6.45) is 9.03. The van der Waals surface area contributed by atoms with Gasteiger partial charge in [-0.3, -0.25) is 4.99 Å². The summed E-state index contributed by atoms with van der Waals surface area (Å²) in [5.41, 5.74) is 0. The Morgan fingerprint density at radius 3 is 2.52 bits per heavy atom. The maximum Gasteiger partial charge on any atom is 0.191 e. The highest BCUT2D eigenvalue weighted by atomic mass is 127. The number of hydrogen-bond acceptors (Lipinski definition) is 3. The third-order valence-corrected chi connectivity index (χ3v) is 4.46. The molecule has 0 bridgehead atoms. The van der Waals surface area contributed by atoms with Crippen LogP contribution in [0.5, 0.6) is 0 Å². The zero-order chi connectivity index (χ0) is 14.6. The topological polar surface area (TPSA) is 45.6 Å². The quantitative estimate of drug-likeness (QED) is 0.256. The maximum atomic E-state index is 5.94. The molecular formula is C15H32IN3OS. The molecule has 0 spiro atoms. The molecule has 1 aliphatic rings. The summed E-state index contributed by atoms with van der Waals surface area (Å²) in [5, 5.41) is 6.71. The molecule has 0 aliphatic heterocycles. The maximum absolute atomic E-state index is 5.94. The van der Waals surface area contributed by atoms with E-state index in [1.807, 2.05) is 18.8 Å². The fourth-order valence-electron chi connectivity index (χ4n) is 2.82. The van der Waals surface area contributed by atoms with Crippen molar-refractivity contribution in [3.63, 3.8) is 0 Å². The molecule has 0 saturated heterocycles. The molecule has 1 saturated carbocycles. The normalized spacial score (nSPS) is 17.4. The minimum Gasteiger partial charge on any atom is -0.378 e. The summed E-state index contributed by atoms with van der Waals surface area (Å²) in [4.78, 5) is 4.24. The highest BCUT2D eigenvalue weighted by molar-refractivity contribution is 14.0. The number of halogens is 1. The predicted molar refractivity (Wildman–Crippen MR) is 105 cm³/mol. The van der Waals surface area contributed by atoms with Crippen molar-refractivity contribution in [2.24, 2.45) is 10.9 Å². The third kappa shape index (κ3) is 9.13. The smallest absolute Gasteiger partial charge is 0.191 e. The van der Waals surface area contributed by atoms with Crippen LogP contribution >= 0.6 is 35.7 Å². The van der Waals surface area contributed by atoms with Gasteiger partial charge in [0.15, 0.2) is 5.96 Å². The van der Waals surface area contributed by atoms with E-state index in [1.165, 1.54) is 25.7 Å². The van der Waals surface area contributed by atoms with Crippen molar-refractivity contribution < 1.29 is 4.74 Å². The van der Waals surface area contributed by atoms with Crippen LogP contribution in [-0.4, -0.2) is 50.8 Å². The Morgan fingerprint density at radius 2 is 1.95 bits per heavy atom. The van der Waals surface area contributed by atoms with Gasteiger partial charge in [0, 0.05) is 32.5 Å². The van der Waals surface area contributed by atoms with Crippen molar-refractivity contribution in [3.05, 3.63) is 0 Å². The molecule has 2 N–H and O–H groups in total. The molecule has 126 valence electrons. The Kier molecular flexibility index (Phi) is 14.1. The number of thioether (sulfide) groups is 1. The first-order chi connectivity index (χ1) is 9.81. The first-order valence-electron chi connectivity index (χ1n) is 7.86. The van der Waals surface area contributed by atoms with E-state index in [9.17, 15) is 0 Å². The number of ether oxygens (including phenoxy) is 1. The van der Waals surface area contributed by atoms with Gasteiger partial charge in [0.25, 0.3) is 0 Å². The molecule has 0 heterocycles. The van der Waals surface area contributed by atoms with Crippen molar-refractivity contribution in [1.82, 2.24) is 10.6 Å². The Labute approximate surface area is 151 Å². The van der Waals surface area contributed by atoms with Crippen LogP contribution in [0.2, 0.25) is 0 Å². The molecular weight excluding hydrogens is 397 g/mol. The lowest BCUT2D eigenvalue weighted by Crippen LogP contribution is -2.40. The van der Waals surface area contributed by atoms with E-state index in [0.717, 1.165) is 43.7 Å². The van der Waals surface area contributed by atoms with E-state index in [4.69, 9.17) is 4.74 Å². The summed E-state index contributed by atoms with van der Waals surface area (Å²) in [6.45, 7) is 4.80. The number of aliphatic imine (C=N–C) groups is 1. The molecule has 0 radical (unpaired) electrons. The van der Waals surface area contributed by atoms with Crippen LogP contribution in [0.25, 0.3) is 0 Å². The van der Waals surface area contributed by atoms with Crippen LogP contribution in [0, 0.1) is 5.92 Å². The molecule has 6 heteroatoms. The first-order valence-corrected chi connectivity index (χ1v) is 9.26. The molecule has 4 nitrogen and oxygen atoms in total. The number of hydrogen-bond donors (Lipinski definition) is 2. The highest BCUT2D eigenvalue weighted by Gasteiger charge is 2.24. The van der Waals surface area contributed by atoms with Gasteiger partial charge in [-0.05, 0) is 38.4 Å².